The minimum atomic E-state index is 0.0128. The van der Waals surface area contributed by atoms with E-state index in [-0.39, 0.29) is 6.03 Å². The van der Waals surface area contributed by atoms with Crippen molar-refractivity contribution in [2.75, 3.05) is 26.2 Å². The lowest BCUT2D eigenvalue weighted by Gasteiger charge is -2.16. The third-order valence-corrected chi connectivity index (χ3v) is 3.61. The molecule has 0 spiro atoms. The number of hydrogen-bond donors (Lipinski definition) is 1. The van der Waals surface area contributed by atoms with Crippen molar-refractivity contribution >= 4 is 16.9 Å². The van der Waals surface area contributed by atoms with Crippen LogP contribution in [-0.4, -0.2) is 42.2 Å². The maximum absolute atomic E-state index is 11.8. The first-order valence-corrected chi connectivity index (χ1v) is 7.33. The average molecular weight is 285 g/mol. The Morgan fingerprint density at radius 2 is 2.14 bits per heavy atom. The van der Waals surface area contributed by atoms with Gasteiger partial charge in [-0.15, -0.1) is 0 Å². The molecular weight excluding hydrogens is 266 g/mol. The summed E-state index contributed by atoms with van der Waals surface area (Å²) in [5, 5.41) is 3.93. The molecule has 1 aromatic heterocycles. The van der Waals surface area contributed by atoms with Gasteiger partial charge >= 0.3 is 6.03 Å². The molecule has 0 bridgehead atoms. The summed E-state index contributed by atoms with van der Waals surface area (Å²) in [6.07, 6.45) is 3.99. The molecular formula is C16H19N3O2. The molecule has 5 nitrogen and oxygen atoms in total. The number of amides is 2. The summed E-state index contributed by atoms with van der Waals surface area (Å²) in [4.78, 5) is 17.9. The smallest absolute Gasteiger partial charge is 0.317 e. The molecule has 1 saturated heterocycles. The van der Waals surface area contributed by atoms with Gasteiger partial charge in [-0.2, -0.15) is 0 Å². The van der Waals surface area contributed by atoms with E-state index in [1.807, 2.05) is 35.2 Å². The van der Waals surface area contributed by atoms with E-state index < -0.39 is 0 Å². The first-order valence-electron chi connectivity index (χ1n) is 7.33. The van der Waals surface area contributed by atoms with E-state index >= 15 is 0 Å². The van der Waals surface area contributed by atoms with Gasteiger partial charge in [0.1, 0.15) is 12.4 Å². The van der Waals surface area contributed by atoms with Crippen LogP contribution in [0.1, 0.15) is 12.8 Å². The maximum atomic E-state index is 11.8. The molecule has 21 heavy (non-hydrogen) atoms. The number of fused-ring (bicyclic) bond motifs is 1. The fourth-order valence-electron chi connectivity index (χ4n) is 2.50. The molecule has 1 aliphatic rings. The van der Waals surface area contributed by atoms with Crippen molar-refractivity contribution in [1.29, 1.82) is 0 Å². The third kappa shape index (κ3) is 3.42. The molecule has 2 aromatic rings. The molecule has 1 aliphatic heterocycles. The Balaban J connectivity index is 1.46. The Morgan fingerprint density at radius 3 is 3.00 bits per heavy atom. The topological polar surface area (TPSA) is 54.5 Å². The van der Waals surface area contributed by atoms with E-state index in [4.69, 9.17) is 4.74 Å². The van der Waals surface area contributed by atoms with Crippen molar-refractivity contribution in [3.8, 4) is 5.75 Å². The number of urea groups is 1. The standard InChI is InChI=1S/C16H19N3O2/c20-16(19-9-1-2-10-19)18-8-11-21-14-5-6-15-13(12-14)4-3-7-17-15/h3-7,12H,1-2,8-11H2,(H,18,20). The molecule has 1 aromatic carbocycles. The fraction of sp³-hybridized carbons (Fsp3) is 0.375. The van der Waals surface area contributed by atoms with E-state index in [0.717, 1.165) is 42.6 Å². The number of pyridine rings is 1. The zero-order chi connectivity index (χ0) is 14.5. The quantitative estimate of drug-likeness (QED) is 0.878. The van der Waals surface area contributed by atoms with Gasteiger partial charge in [0.15, 0.2) is 0 Å². The van der Waals surface area contributed by atoms with Crippen LogP contribution in [0.25, 0.3) is 10.9 Å². The predicted molar refractivity (Wildman–Crippen MR) is 81.4 cm³/mol. The van der Waals surface area contributed by atoms with Gasteiger partial charge in [0.2, 0.25) is 0 Å². The Kier molecular flexibility index (Phi) is 4.19. The molecule has 3 rings (SSSR count). The number of ether oxygens (including phenoxy) is 1. The van der Waals surface area contributed by atoms with E-state index in [1.165, 1.54) is 0 Å². The van der Waals surface area contributed by atoms with Crippen LogP contribution in [0, 0.1) is 0 Å². The molecule has 0 atom stereocenters. The van der Waals surface area contributed by atoms with E-state index in [1.54, 1.807) is 6.20 Å². The number of benzene rings is 1. The van der Waals surface area contributed by atoms with Crippen LogP contribution >= 0.6 is 0 Å². The zero-order valence-electron chi connectivity index (χ0n) is 11.9. The predicted octanol–water partition coefficient (Wildman–Crippen LogP) is 2.42. The highest BCUT2D eigenvalue weighted by Crippen LogP contribution is 2.18. The monoisotopic (exact) mass is 285 g/mol. The molecule has 1 fully saturated rings. The summed E-state index contributed by atoms with van der Waals surface area (Å²) in [5.41, 5.74) is 0.951. The van der Waals surface area contributed by atoms with Crippen molar-refractivity contribution in [3.63, 3.8) is 0 Å². The first kappa shape index (κ1) is 13.7. The van der Waals surface area contributed by atoms with Gasteiger partial charge in [-0.1, -0.05) is 6.07 Å². The lowest BCUT2D eigenvalue weighted by atomic mass is 10.2. The number of likely N-dealkylation sites (tertiary alicyclic amines) is 1. The molecule has 0 saturated carbocycles. The molecule has 2 amide bonds. The average Bonchev–Trinajstić information content (AvgIpc) is 3.06. The van der Waals surface area contributed by atoms with E-state index in [9.17, 15) is 4.79 Å². The Hall–Kier alpha value is -2.30. The molecule has 2 heterocycles. The van der Waals surface area contributed by atoms with Crippen molar-refractivity contribution < 1.29 is 9.53 Å². The number of carbonyl (C=O) groups excluding carboxylic acids is 1. The summed E-state index contributed by atoms with van der Waals surface area (Å²) < 4.78 is 5.67. The number of carbonyl (C=O) groups is 1. The second kappa shape index (κ2) is 6.43. The summed E-state index contributed by atoms with van der Waals surface area (Å²) in [5.74, 6) is 0.797. The van der Waals surface area contributed by atoms with Gasteiger partial charge in [-0.05, 0) is 37.1 Å². The van der Waals surface area contributed by atoms with Crippen molar-refractivity contribution in [2.45, 2.75) is 12.8 Å². The minimum absolute atomic E-state index is 0.0128. The van der Waals surface area contributed by atoms with Gasteiger partial charge in [0.05, 0.1) is 12.1 Å². The molecule has 5 heteroatoms. The summed E-state index contributed by atoms with van der Waals surface area (Å²) >= 11 is 0. The highest BCUT2D eigenvalue weighted by Gasteiger charge is 2.16. The molecule has 0 unspecified atom stereocenters. The number of rotatable bonds is 4. The van der Waals surface area contributed by atoms with Crippen LogP contribution in [-0.2, 0) is 0 Å². The molecule has 0 aliphatic carbocycles. The van der Waals surface area contributed by atoms with Crippen LogP contribution < -0.4 is 10.1 Å². The molecule has 0 radical (unpaired) electrons. The van der Waals surface area contributed by atoms with E-state index in [2.05, 4.69) is 10.3 Å². The van der Waals surface area contributed by atoms with E-state index in [0.29, 0.717) is 13.2 Å². The highest BCUT2D eigenvalue weighted by atomic mass is 16.5. The van der Waals surface area contributed by atoms with Gasteiger partial charge in [-0.3, -0.25) is 4.98 Å². The van der Waals surface area contributed by atoms with Gasteiger partial charge in [-0.25, -0.2) is 4.79 Å². The van der Waals surface area contributed by atoms with Crippen molar-refractivity contribution in [2.24, 2.45) is 0 Å². The molecule has 110 valence electrons. The van der Waals surface area contributed by atoms with Crippen LogP contribution in [0.3, 0.4) is 0 Å². The normalized spacial score (nSPS) is 14.4. The minimum Gasteiger partial charge on any atom is -0.492 e. The van der Waals surface area contributed by atoms with Crippen molar-refractivity contribution in [1.82, 2.24) is 15.2 Å². The lowest BCUT2D eigenvalue weighted by molar-refractivity contribution is 0.205. The first-order chi connectivity index (χ1) is 10.3. The maximum Gasteiger partial charge on any atom is 0.317 e. The Labute approximate surface area is 123 Å². The SMILES string of the molecule is O=C(NCCOc1ccc2ncccc2c1)N1CCCC1. The summed E-state index contributed by atoms with van der Waals surface area (Å²) in [6.45, 7) is 2.71. The second-order valence-corrected chi connectivity index (χ2v) is 5.13. The number of nitrogens with zero attached hydrogens (tertiary/aromatic N) is 2. The highest BCUT2D eigenvalue weighted by molar-refractivity contribution is 5.79. The number of nitrogens with one attached hydrogen (secondary N) is 1. The van der Waals surface area contributed by atoms with Crippen molar-refractivity contribution in [3.05, 3.63) is 36.5 Å². The zero-order valence-corrected chi connectivity index (χ0v) is 11.9. The largest absolute Gasteiger partial charge is 0.492 e. The second-order valence-electron chi connectivity index (χ2n) is 5.13. The lowest BCUT2D eigenvalue weighted by Crippen LogP contribution is -2.39. The van der Waals surface area contributed by atoms with Crippen LogP contribution in [0.2, 0.25) is 0 Å². The number of aromatic nitrogens is 1. The number of hydrogen-bond acceptors (Lipinski definition) is 3. The van der Waals surface area contributed by atoms with Gasteiger partial charge in [0.25, 0.3) is 0 Å². The van der Waals surface area contributed by atoms with Crippen LogP contribution in [0.5, 0.6) is 5.75 Å². The van der Waals surface area contributed by atoms with Gasteiger partial charge < -0.3 is 15.0 Å². The Morgan fingerprint density at radius 1 is 1.29 bits per heavy atom. The summed E-state index contributed by atoms with van der Waals surface area (Å²) in [6, 6.07) is 9.72. The van der Waals surface area contributed by atoms with Gasteiger partial charge in [0, 0.05) is 24.7 Å². The van der Waals surface area contributed by atoms with Crippen LogP contribution in [0.4, 0.5) is 4.79 Å². The molecule has 1 N–H and O–H groups in total. The third-order valence-electron chi connectivity index (χ3n) is 3.61. The fourth-order valence-corrected chi connectivity index (χ4v) is 2.50. The Bertz CT molecular complexity index is 624. The summed E-state index contributed by atoms with van der Waals surface area (Å²) in [7, 11) is 0. The van der Waals surface area contributed by atoms with Crippen LogP contribution in [0.15, 0.2) is 36.5 Å².